The van der Waals surface area contributed by atoms with E-state index in [4.69, 9.17) is 0 Å². The van der Waals surface area contributed by atoms with Crippen molar-refractivity contribution in [2.75, 3.05) is 0 Å². The van der Waals surface area contributed by atoms with Crippen LogP contribution in [-0.4, -0.2) is 4.98 Å². The summed E-state index contributed by atoms with van der Waals surface area (Å²) >= 11 is 0. The minimum atomic E-state index is 0.999. The number of aromatic nitrogens is 1. The van der Waals surface area contributed by atoms with Crippen molar-refractivity contribution in [2.45, 2.75) is 6.42 Å². The first-order chi connectivity index (χ1) is 9.42. The number of fused-ring (bicyclic) bond motifs is 3. The lowest BCUT2D eigenvalue weighted by molar-refractivity contribution is 1.20. The number of pyridine rings is 1. The zero-order valence-corrected chi connectivity index (χ0v) is 10.5. The van der Waals surface area contributed by atoms with Gasteiger partial charge in [0.05, 0.1) is 0 Å². The minimum absolute atomic E-state index is 0.999. The highest BCUT2D eigenvalue weighted by molar-refractivity contribution is 5.79. The molecule has 0 atom stereocenters. The first kappa shape index (κ1) is 10.5. The van der Waals surface area contributed by atoms with Gasteiger partial charge in [0, 0.05) is 18.8 Å². The summed E-state index contributed by atoms with van der Waals surface area (Å²) in [6.45, 7) is 0. The third-order valence-corrected chi connectivity index (χ3v) is 3.79. The van der Waals surface area contributed by atoms with Crippen LogP contribution in [0.4, 0.5) is 0 Å². The van der Waals surface area contributed by atoms with Crippen LogP contribution in [0.15, 0.2) is 67.0 Å². The van der Waals surface area contributed by atoms with Gasteiger partial charge in [-0.05, 0) is 39.4 Å². The van der Waals surface area contributed by atoms with Crippen molar-refractivity contribution in [3.63, 3.8) is 0 Å². The molecule has 0 saturated carbocycles. The fraction of sp³-hybridized carbons (Fsp3) is 0.0556. The summed E-state index contributed by atoms with van der Waals surface area (Å²) in [6.07, 6.45) is 4.86. The second-order valence-corrected chi connectivity index (χ2v) is 4.95. The predicted octanol–water partition coefficient (Wildman–Crippen LogP) is 4.32. The maximum atomic E-state index is 4.22. The molecule has 0 bridgehead atoms. The molecule has 1 heterocycles. The summed E-state index contributed by atoms with van der Waals surface area (Å²) in [5.74, 6) is 0. The number of nitrogens with zero attached hydrogens (tertiary/aromatic N) is 1. The standard InChI is InChI=1S/C18H13N/c1-2-4-13(5-3-1)14-6-7-17-15(10-14)11-16-12-19-9-8-18(16)17/h1-10,12H,11H2. The van der Waals surface area contributed by atoms with E-state index >= 15 is 0 Å². The Morgan fingerprint density at radius 3 is 2.47 bits per heavy atom. The molecular weight excluding hydrogens is 230 g/mol. The maximum Gasteiger partial charge on any atom is 0.0309 e. The van der Waals surface area contributed by atoms with Crippen molar-refractivity contribution < 1.29 is 0 Å². The smallest absolute Gasteiger partial charge is 0.0309 e. The largest absolute Gasteiger partial charge is 0.264 e. The van der Waals surface area contributed by atoms with Crippen molar-refractivity contribution in [1.29, 1.82) is 0 Å². The molecule has 1 aliphatic rings. The minimum Gasteiger partial charge on any atom is -0.264 e. The fourth-order valence-electron chi connectivity index (χ4n) is 2.85. The quantitative estimate of drug-likeness (QED) is 0.485. The van der Waals surface area contributed by atoms with Gasteiger partial charge in [0.25, 0.3) is 0 Å². The Balaban J connectivity index is 1.84. The van der Waals surface area contributed by atoms with E-state index < -0.39 is 0 Å². The topological polar surface area (TPSA) is 12.9 Å². The van der Waals surface area contributed by atoms with Crippen molar-refractivity contribution in [3.8, 4) is 22.3 Å². The van der Waals surface area contributed by atoms with Crippen LogP contribution < -0.4 is 0 Å². The predicted molar refractivity (Wildman–Crippen MR) is 77.9 cm³/mol. The Labute approximate surface area is 112 Å². The average molecular weight is 243 g/mol. The molecule has 0 saturated heterocycles. The van der Waals surface area contributed by atoms with Crippen LogP contribution in [0.5, 0.6) is 0 Å². The molecule has 1 aromatic heterocycles. The number of hydrogen-bond acceptors (Lipinski definition) is 1. The van der Waals surface area contributed by atoms with Gasteiger partial charge in [0.15, 0.2) is 0 Å². The molecular formula is C18H13N. The lowest BCUT2D eigenvalue weighted by Gasteiger charge is -2.05. The van der Waals surface area contributed by atoms with Crippen molar-refractivity contribution >= 4 is 0 Å². The van der Waals surface area contributed by atoms with Gasteiger partial charge in [-0.15, -0.1) is 0 Å². The molecule has 0 fully saturated rings. The van der Waals surface area contributed by atoms with E-state index in [0.29, 0.717) is 0 Å². The van der Waals surface area contributed by atoms with E-state index in [-0.39, 0.29) is 0 Å². The van der Waals surface area contributed by atoms with Gasteiger partial charge < -0.3 is 0 Å². The van der Waals surface area contributed by atoms with Crippen molar-refractivity contribution in [3.05, 3.63) is 78.1 Å². The lowest BCUT2D eigenvalue weighted by Crippen LogP contribution is -1.83. The van der Waals surface area contributed by atoms with Crippen LogP contribution in [0.3, 0.4) is 0 Å². The van der Waals surface area contributed by atoms with Gasteiger partial charge in [-0.1, -0.05) is 48.5 Å². The van der Waals surface area contributed by atoms with E-state index in [0.717, 1.165) is 6.42 Å². The first-order valence-corrected chi connectivity index (χ1v) is 6.53. The zero-order valence-electron chi connectivity index (χ0n) is 10.5. The summed E-state index contributed by atoms with van der Waals surface area (Å²) in [4.78, 5) is 4.22. The van der Waals surface area contributed by atoms with Crippen LogP contribution in [0.25, 0.3) is 22.3 Å². The lowest BCUT2D eigenvalue weighted by atomic mass is 9.99. The molecule has 0 spiro atoms. The SMILES string of the molecule is c1ccc(-c2ccc3c(c2)Cc2cnccc2-3)cc1. The van der Waals surface area contributed by atoms with E-state index in [2.05, 4.69) is 59.6 Å². The summed E-state index contributed by atoms with van der Waals surface area (Å²) < 4.78 is 0. The molecule has 0 amide bonds. The molecule has 0 N–H and O–H groups in total. The van der Waals surface area contributed by atoms with E-state index in [9.17, 15) is 0 Å². The molecule has 1 aliphatic carbocycles. The number of hydrogen-bond donors (Lipinski definition) is 0. The third kappa shape index (κ3) is 1.66. The highest BCUT2D eigenvalue weighted by Crippen LogP contribution is 2.37. The van der Waals surface area contributed by atoms with Crippen LogP contribution in [0.1, 0.15) is 11.1 Å². The van der Waals surface area contributed by atoms with Crippen LogP contribution >= 0.6 is 0 Å². The molecule has 0 unspecified atom stereocenters. The summed E-state index contributed by atoms with van der Waals surface area (Å²) in [5.41, 5.74) is 8.01. The van der Waals surface area contributed by atoms with E-state index in [1.165, 1.54) is 33.4 Å². The molecule has 1 nitrogen and oxygen atoms in total. The molecule has 3 aromatic rings. The number of benzene rings is 2. The van der Waals surface area contributed by atoms with Crippen LogP contribution in [-0.2, 0) is 6.42 Å². The highest BCUT2D eigenvalue weighted by atomic mass is 14.6. The summed E-state index contributed by atoms with van der Waals surface area (Å²) in [5, 5.41) is 0. The molecule has 2 aromatic carbocycles. The Morgan fingerprint density at radius 1 is 0.737 bits per heavy atom. The van der Waals surface area contributed by atoms with Gasteiger partial charge in [-0.3, -0.25) is 4.98 Å². The fourth-order valence-corrected chi connectivity index (χ4v) is 2.85. The number of rotatable bonds is 1. The average Bonchev–Trinajstić information content (AvgIpc) is 2.86. The molecule has 0 radical (unpaired) electrons. The normalized spacial score (nSPS) is 12.0. The Hall–Kier alpha value is -2.41. The summed E-state index contributed by atoms with van der Waals surface area (Å²) in [6, 6.07) is 19.4. The van der Waals surface area contributed by atoms with Gasteiger partial charge >= 0.3 is 0 Å². The summed E-state index contributed by atoms with van der Waals surface area (Å²) in [7, 11) is 0. The van der Waals surface area contributed by atoms with Gasteiger partial charge in [0.1, 0.15) is 0 Å². The second kappa shape index (κ2) is 4.06. The van der Waals surface area contributed by atoms with Crippen LogP contribution in [0, 0.1) is 0 Å². The first-order valence-electron chi connectivity index (χ1n) is 6.53. The molecule has 4 rings (SSSR count). The maximum absolute atomic E-state index is 4.22. The molecule has 19 heavy (non-hydrogen) atoms. The Kier molecular flexibility index (Phi) is 2.25. The van der Waals surface area contributed by atoms with Crippen LogP contribution in [0.2, 0.25) is 0 Å². The monoisotopic (exact) mass is 243 g/mol. The van der Waals surface area contributed by atoms with E-state index in [1.807, 2.05) is 12.4 Å². The van der Waals surface area contributed by atoms with E-state index in [1.54, 1.807) is 0 Å². The van der Waals surface area contributed by atoms with Crippen molar-refractivity contribution in [2.24, 2.45) is 0 Å². The zero-order chi connectivity index (χ0) is 12.7. The Morgan fingerprint density at radius 2 is 1.58 bits per heavy atom. The second-order valence-electron chi connectivity index (χ2n) is 4.95. The van der Waals surface area contributed by atoms with Crippen molar-refractivity contribution in [1.82, 2.24) is 4.98 Å². The molecule has 1 heteroatoms. The van der Waals surface area contributed by atoms with Gasteiger partial charge in [0.2, 0.25) is 0 Å². The highest BCUT2D eigenvalue weighted by Gasteiger charge is 2.18. The molecule has 90 valence electrons. The molecule has 0 aliphatic heterocycles. The van der Waals surface area contributed by atoms with Gasteiger partial charge in [-0.25, -0.2) is 0 Å². The third-order valence-electron chi connectivity index (χ3n) is 3.79. The van der Waals surface area contributed by atoms with Gasteiger partial charge in [-0.2, -0.15) is 0 Å². The Bertz CT molecular complexity index is 745.